The van der Waals surface area contributed by atoms with Gasteiger partial charge < -0.3 is 29.2 Å². The van der Waals surface area contributed by atoms with Gasteiger partial charge in [-0.1, -0.05) is 6.07 Å². The number of halogens is 3. The summed E-state index contributed by atoms with van der Waals surface area (Å²) in [5.74, 6) is -3.05. The van der Waals surface area contributed by atoms with Gasteiger partial charge in [-0.05, 0) is 42.0 Å². The molecule has 0 aliphatic rings. The van der Waals surface area contributed by atoms with Crippen LogP contribution < -0.4 is 9.47 Å². The topological polar surface area (TPSA) is 112 Å². The normalized spacial score (nSPS) is 12.3. The molecule has 0 amide bonds. The number of carbonyl (C=O) groups is 2. The molecule has 2 rings (SSSR count). The largest absolute Gasteiger partial charge is 0.573 e. The van der Waals surface area contributed by atoms with Crippen molar-refractivity contribution in [1.82, 2.24) is 0 Å². The van der Waals surface area contributed by atoms with Crippen LogP contribution in [0.25, 0.3) is 6.08 Å². The first kappa shape index (κ1) is 24.4. The lowest BCUT2D eigenvalue weighted by Gasteiger charge is -2.20. The van der Waals surface area contributed by atoms with E-state index in [-0.39, 0.29) is 17.1 Å². The van der Waals surface area contributed by atoms with Crippen LogP contribution in [0.15, 0.2) is 42.5 Å². The lowest BCUT2D eigenvalue weighted by Crippen LogP contribution is -2.18. The molecule has 0 saturated heterocycles. The first-order valence-corrected chi connectivity index (χ1v) is 8.93. The fourth-order valence-electron chi connectivity index (χ4n) is 2.60. The van der Waals surface area contributed by atoms with Gasteiger partial charge in [0.2, 0.25) is 0 Å². The molecule has 0 aromatic heterocycles. The number of benzene rings is 2. The highest BCUT2D eigenvalue weighted by atomic mass is 19.4. The third-order valence-corrected chi connectivity index (χ3v) is 4.03. The molecule has 11 heteroatoms. The standard InChI is InChI=1S/C21H19F3O8/c1-29-17-7-5-13(32-21(22,23)24)10-14(17)18(11-20(28)30-2)31-19(27)8-4-12-3-6-15(25)16(26)9-12/h3-10,18,25-26H,11H2,1-2H3/b8-4+. The number of hydrogen-bond donors (Lipinski definition) is 2. The van der Waals surface area contributed by atoms with E-state index in [1.165, 1.54) is 37.5 Å². The smallest absolute Gasteiger partial charge is 0.504 e. The number of carbonyl (C=O) groups excluding carboxylic acids is 2. The first-order chi connectivity index (χ1) is 15.0. The fourth-order valence-corrected chi connectivity index (χ4v) is 2.60. The fraction of sp³-hybridized carbons (Fsp3) is 0.238. The van der Waals surface area contributed by atoms with Gasteiger partial charge in [-0.15, -0.1) is 13.2 Å². The van der Waals surface area contributed by atoms with Gasteiger partial charge in [0.15, 0.2) is 11.5 Å². The summed E-state index contributed by atoms with van der Waals surface area (Å²) >= 11 is 0. The van der Waals surface area contributed by atoms with Gasteiger partial charge in [0.25, 0.3) is 0 Å². The van der Waals surface area contributed by atoms with Crippen LogP contribution in [-0.2, 0) is 19.1 Å². The molecule has 2 aromatic carbocycles. The third kappa shape index (κ3) is 7.11. The van der Waals surface area contributed by atoms with Crippen LogP contribution in [-0.4, -0.2) is 42.7 Å². The second-order valence-corrected chi connectivity index (χ2v) is 6.24. The average molecular weight is 456 g/mol. The number of phenols is 2. The van der Waals surface area contributed by atoms with Crippen molar-refractivity contribution in [3.63, 3.8) is 0 Å². The van der Waals surface area contributed by atoms with Gasteiger partial charge in [0, 0.05) is 11.6 Å². The van der Waals surface area contributed by atoms with Crippen LogP contribution >= 0.6 is 0 Å². The van der Waals surface area contributed by atoms with Crippen molar-refractivity contribution in [2.75, 3.05) is 14.2 Å². The van der Waals surface area contributed by atoms with Crippen molar-refractivity contribution in [2.45, 2.75) is 18.9 Å². The minimum absolute atomic E-state index is 0.0497. The van der Waals surface area contributed by atoms with Crippen molar-refractivity contribution in [2.24, 2.45) is 0 Å². The quantitative estimate of drug-likeness (QED) is 0.350. The van der Waals surface area contributed by atoms with Gasteiger partial charge in [0.05, 0.1) is 20.6 Å². The lowest BCUT2D eigenvalue weighted by atomic mass is 10.0. The molecule has 0 heterocycles. The molecular formula is C21H19F3O8. The summed E-state index contributed by atoms with van der Waals surface area (Å²) in [4.78, 5) is 24.1. The maximum absolute atomic E-state index is 12.6. The van der Waals surface area contributed by atoms with E-state index in [4.69, 9.17) is 9.47 Å². The molecule has 0 saturated carbocycles. The lowest BCUT2D eigenvalue weighted by molar-refractivity contribution is -0.274. The van der Waals surface area contributed by atoms with Crippen LogP contribution in [0.4, 0.5) is 13.2 Å². The van der Waals surface area contributed by atoms with Crippen molar-refractivity contribution >= 4 is 18.0 Å². The molecule has 0 bridgehead atoms. The zero-order chi connectivity index (χ0) is 23.9. The predicted molar refractivity (Wildman–Crippen MR) is 104 cm³/mol. The molecule has 1 atom stereocenters. The summed E-state index contributed by atoms with van der Waals surface area (Å²) < 4.78 is 56.6. The highest BCUT2D eigenvalue weighted by Crippen LogP contribution is 2.35. The summed E-state index contributed by atoms with van der Waals surface area (Å²) in [5, 5.41) is 18.8. The number of alkyl halides is 3. The Hall–Kier alpha value is -3.89. The van der Waals surface area contributed by atoms with E-state index in [0.29, 0.717) is 5.56 Å². The van der Waals surface area contributed by atoms with E-state index in [1.807, 2.05) is 0 Å². The molecule has 0 aliphatic heterocycles. The number of rotatable bonds is 8. The summed E-state index contributed by atoms with van der Waals surface area (Å²) in [6, 6.07) is 6.91. The molecular weight excluding hydrogens is 437 g/mol. The number of methoxy groups -OCH3 is 2. The second kappa shape index (κ2) is 10.4. The molecule has 0 spiro atoms. The number of hydrogen-bond acceptors (Lipinski definition) is 8. The van der Waals surface area contributed by atoms with E-state index >= 15 is 0 Å². The van der Waals surface area contributed by atoms with Crippen LogP contribution in [0, 0.1) is 0 Å². The molecule has 0 aliphatic carbocycles. The average Bonchev–Trinajstić information content (AvgIpc) is 2.72. The van der Waals surface area contributed by atoms with E-state index in [2.05, 4.69) is 9.47 Å². The van der Waals surface area contributed by atoms with Crippen molar-refractivity contribution < 1.29 is 51.9 Å². The summed E-state index contributed by atoms with van der Waals surface area (Å²) in [6.45, 7) is 0. The minimum Gasteiger partial charge on any atom is -0.504 e. The Morgan fingerprint density at radius 1 is 1.06 bits per heavy atom. The number of aromatic hydroxyl groups is 2. The highest BCUT2D eigenvalue weighted by molar-refractivity contribution is 5.87. The number of esters is 2. The molecule has 8 nitrogen and oxygen atoms in total. The SMILES string of the molecule is COC(=O)CC(OC(=O)/C=C/c1ccc(O)c(O)c1)c1cc(OC(F)(F)F)ccc1OC. The van der Waals surface area contributed by atoms with Crippen LogP contribution in [0.3, 0.4) is 0 Å². The number of ether oxygens (including phenoxy) is 4. The zero-order valence-electron chi connectivity index (χ0n) is 16.9. The summed E-state index contributed by atoms with van der Waals surface area (Å²) in [7, 11) is 2.34. The van der Waals surface area contributed by atoms with E-state index in [9.17, 15) is 33.0 Å². The molecule has 172 valence electrons. The first-order valence-electron chi connectivity index (χ1n) is 8.93. The monoisotopic (exact) mass is 456 g/mol. The Morgan fingerprint density at radius 2 is 1.78 bits per heavy atom. The maximum atomic E-state index is 12.6. The van der Waals surface area contributed by atoms with Gasteiger partial charge in [-0.2, -0.15) is 0 Å². The van der Waals surface area contributed by atoms with Gasteiger partial charge in [-0.25, -0.2) is 4.79 Å². The third-order valence-electron chi connectivity index (χ3n) is 4.03. The zero-order valence-corrected chi connectivity index (χ0v) is 16.9. The Labute approximate surface area is 180 Å². The summed E-state index contributed by atoms with van der Waals surface area (Å²) in [6.07, 6.45) is -4.60. The molecule has 2 N–H and O–H groups in total. The van der Waals surface area contributed by atoms with Crippen LogP contribution in [0.1, 0.15) is 23.7 Å². The second-order valence-electron chi connectivity index (χ2n) is 6.24. The van der Waals surface area contributed by atoms with Crippen LogP contribution in [0.2, 0.25) is 0 Å². The van der Waals surface area contributed by atoms with E-state index in [0.717, 1.165) is 25.3 Å². The Morgan fingerprint density at radius 3 is 2.38 bits per heavy atom. The van der Waals surface area contributed by atoms with Gasteiger partial charge in [-0.3, -0.25) is 4.79 Å². The Bertz CT molecular complexity index is 1000. The van der Waals surface area contributed by atoms with Gasteiger partial charge >= 0.3 is 18.3 Å². The predicted octanol–water partition coefficient (Wildman–Crippen LogP) is 3.87. The molecule has 2 aromatic rings. The van der Waals surface area contributed by atoms with Crippen molar-refractivity contribution in [1.29, 1.82) is 0 Å². The van der Waals surface area contributed by atoms with Crippen LogP contribution in [0.5, 0.6) is 23.0 Å². The number of phenolic OH excluding ortho intramolecular Hbond substituents is 2. The maximum Gasteiger partial charge on any atom is 0.573 e. The minimum atomic E-state index is -4.96. The van der Waals surface area contributed by atoms with Crippen molar-refractivity contribution in [3.05, 3.63) is 53.6 Å². The molecule has 32 heavy (non-hydrogen) atoms. The summed E-state index contributed by atoms with van der Waals surface area (Å²) in [5.41, 5.74) is 0.295. The Kier molecular flexibility index (Phi) is 7.94. The molecule has 0 fully saturated rings. The van der Waals surface area contributed by atoms with E-state index < -0.39 is 42.3 Å². The molecule has 1 unspecified atom stereocenters. The van der Waals surface area contributed by atoms with E-state index in [1.54, 1.807) is 0 Å². The van der Waals surface area contributed by atoms with Crippen molar-refractivity contribution in [3.8, 4) is 23.0 Å². The highest BCUT2D eigenvalue weighted by Gasteiger charge is 2.32. The van der Waals surface area contributed by atoms with Gasteiger partial charge in [0.1, 0.15) is 17.6 Å². The molecule has 0 radical (unpaired) electrons. The Balaban J connectivity index is 2.31.